The van der Waals surface area contributed by atoms with E-state index < -0.39 is 0 Å². The van der Waals surface area contributed by atoms with E-state index in [0.29, 0.717) is 6.04 Å². The fourth-order valence-corrected chi connectivity index (χ4v) is 2.21. The standard InChI is InChI=1S/C13H17NO/c1-10-5-6-14-13(7-10)12-4-2-3-11(8-12)9-15/h2-4,8-10,13-14H,5-7H2,1H3. The van der Waals surface area contributed by atoms with E-state index in [2.05, 4.69) is 18.3 Å². The Hall–Kier alpha value is -1.15. The van der Waals surface area contributed by atoms with Crippen LogP contribution in [0.15, 0.2) is 24.3 Å². The predicted molar refractivity (Wildman–Crippen MR) is 61.0 cm³/mol. The molecule has 0 saturated carbocycles. The smallest absolute Gasteiger partial charge is 0.150 e. The van der Waals surface area contributed by atoms with Gasteiger partial charge in [0.25, 0.3) is 0 Å². The zero-order valence-electron chi connectivity index (χ0n) is 9.07. The van der Waals surface area contributed by atoms with Gasteiger partial charge in [-0.1, -0.05) is 25.1 Å². The van der Waals surface area contributed by atoms with Gasteiger partial charge in [0.2, 0.25) is 0 Å². The summed E-state index contributed by atoms with van der Waals surface area (Å²) < 4.78 is 0. The lowest BCUT2D eigenvalue weighted by atomic mass is 9.90. The van der Waals surface area contributed by atoms with Crippen LogP contribution in [0.4, 0.5) is 0 Å². The summed E-state index contributed by atoms with van der Waals surface area (Å²) >= 11 is 0. The number of hydrogen-bond acceptors (Lipinski definition) is 2. The molecule has 0 aliphatic carbocycles. The first-order chi connectivity index (χ1) is 7.29. The summed E-state index contributed by atoms with van der Waals surface area (Å²) in [4.78, 5) is 10.7. The van der Waals surface area contributed by atoms with Crippen molar-refractivity contribution >= 4 is 6.29 Å². The van der Waals surface area contributed by atoms with Gasteiger partial charge in [0.1, 0.15) is 6.29 Å². The predicted octanol–water partition coefficient (Wildman–Crippen LogP) is 2.56. The fourth-order valence-electron chi connectivity index (χ4n) is 2.21. The molecule has 2 heteroatoms. The van der Waals surface area contributed by atoms with Crippen molar-refractivity contribution in [3.63, 3.8) is 0 Å². The van der Waals surface area contributed by atoms with Crippen molar-refractivity contribution in [2.24, 2.45) is 5.92 Å². The van der Waals surface area contributed by atoms with Gasteiger partial charge < -0.3 is 5.32 Å². The molecule has 2 atom stereocenters. The van der Waals surface area contributed by atoms with E-state index in [9.17, 15) is 4.79 Å². The minimum Gasteiger partial charge on any atom is -0.310 e. The molecular formula is C13H17NO. The second-order valence-electron chi connectivity index (χ2n) is 4.42. The molecule has 1 heterocycles. The Balaban J connectivity index is 2.17. The first-order valence-electron chi connectivity index (χ1n) is 5.58. The average molecular weight is 203 g/mol. The van der Waals surface area contributed by atoms with Crippen LogP contribution in [-0.2, 0) is 0 Å². The molecule has 2 unspecified atom stereocenters. The maximum absolute atomic E-state index is 10.7. The maximum atomic E-state index is 10.7. The van der Waals surface area contributed by atoms with Crippen LogP contribution in [0.2, 0.25) is 0 Å². The van der Waals surface area contributed by atoms with Crippen LogP contribution in [0.5, 0.6) is 0 Å². The van der Waals surface area contributed by atoms with Crippen LogP contribution in [0.3, 0.4) is 0 Å². The van der Waals surface area contributed by atoms with Crippen LogP contribution in [-0.4, -0.2) is 12.8 Å². The third kappa shape index (κ3) is 2.45. The summed E-state index contributed by atoms with van der Waals surface area (Å²) in [6, 6.07) is 8.32. The summed E-state index contributed by atoms with van der Waals surface area (Å²) in [7, 11) is 0. The molecule has 0 bridgehead atoms. The van der Waals surface area contributed by atoms with Crippen molar-refractivity contribution in [1.82, 2.24) is 5.32 Å². The molecular weight excluding hydrogens is 186 g/mol. The second kappa shape index (κ2) is 4.58. The molecule has 1 N–H and O–H groups in total. The van der Waals surface area contributed by atoms with Gasteiger partial charge in [-0.15, -0.1) is 0 Å². The van der Waals surface area contributed by atoms with Crippen LogP contribution < -0.4 is 5.32 Å². The van der Waals surface area contributed by atoms with E-state index in [0.717, 1.165) is 24.3 Å². The maximum Gasteiger partial charge on any atom is 0.150 e. The first-order valence-corrected chi connectivity index (χ1v) is 5.58. The van der Waals surface area contributed by atoms with E-state index >= 15 is 0 Å². The highest BCUT2D eigenvalue weighted by molar-refractivity contribution is 5.75. The molecule has 80 valence electrons. The summed E-state index contributed by atoms with van der Waals surface area (Å²) in [5.41, 5.74) is 2.01. The van der Waals surface area contributed by atoms with Crippen molar-refractivity contribution in [2.75, 3.05) is 6.54 Å². The van der Waals surface area contributed by atoms with Gasteiger partial charge in [-0.05, 0) is 36.9 Å². The number of aldehydes is 1. The monoisotopic (exact) mass is 203 g/mol. The average Bonchev–Trinajstić information content (AvgIpc) is 2.29. The zero-order valence-corrected chi connectivity index (χ0v) is 9.07. The Morgan fingerprint density at radius 1 is 1.47 bits per heavy atom. The van der Waals surface area contributed by atoms with Crippen molar-refractivity contribution in [3.8, 4) is 0 Å². The molecule has 1 fully saturated rings. The Kier molecular flexibility index (Phi) is 3.17. The minimum absolute atomic E-state index is 0.425. The Morgan fingerprint density at radius 3 is 3.07 bits per heavy atom. The molecule has 0 spiro atoms. The van der Waals surface area contributed by atoms with E-state index in [1.54, 1.807) is 0 Å². The van der Waals surface area contributed by atoms with Gasteiger partial charge in [0.15, 0.2) is 0 Å². The molecule has 0 amide bonds. The first kappa shape index (κ1) is 10.4. The summed E-state index contributed by atoms with van der Waals surface area (Å²) in [5, 5.41) is 3.50. The highest BCUT2D eigenvalue weighted by Crippen LogP contribution is 2.26. The number of nitrogens with one attached hydrogen (secondary N) is 1. The number of piperidine rings is 1. The number of carbonyl (C=O) groups is 1. The minimum atomic E-state index is 0.425. The Morgan fingerprint density at radius 2 is 2.33 bits per heavy atom. The quantitative estimate of drug-likeness (QED) is 0.748. The fraction of sp³-hybridized carbons (Fsp3) is 0.462. The molecule has 15 heavy (non-hydrogen) atoms. The third-order valence-electron chi connectivity index (χ3n) is 3.12. The van der Waals surface area contributed by atoms with Gasteiger partial charge in [0.05, 0.1) is 0 Å². The number of benzene rings is 1. The van der Waals surface area contributed by atoms with Crippen molar-refractivity contribution in [1.29, 1.82) is 0 Å². The normalized spacial score (nSPS) is 26.2. The zero-order chi connectivity index (χ0) is 10.7. The molecule has 1 aromatic carbocycles. The molecule has 1 aromatic rings. The lowest BCUT2D eigenvalue weighted by molar-refractivity contribution is 0.112. The second-order valence-corrected chi connectivity index (χ2v) is 4.42. The van der Waals surface area contributed by atoms with Crippen molar-refractivity contribution in [2.45, 2.75) is 25.8 Å². The largest absolute Gasteiger partial charge is 0.310 e. The third-order valence-corrected chi connectivity index (χ3v) is 3.12. The summed E-state index contributed by atoms with van der Waals surface area (Å²) in [6.07, 6.45) is 3.34. The number of hydrogen-bond donors (Lipinski definition) is 1. The highest BCUT2D eigenvalue weighted by atomic mass is 16.1. The van der Waals surface area contributed by atoms with Crippen LogP contribution in [0.1, 0.15) is 41.7 Å². The van der Waals surface area contributed by atoms with Gasteiger partial charge in [-0.2, -0.15) is 0 Å². The Labute approximate surface area is 90.7 Å². The molecule has 2 nitrogen and oxygen atoms in total. The van der Waals surface area contributed by atoms with Crippen LogP contribution >= 0.6 is 0 Å². The summed E-state index contributed by atoms with van der Waals surface area (Å²) in [6.45, 7) is 3.37. The topological polar surface area (TPSA) is 29.1 Å². The van der Waals surface area contributed by atoms with E-state index in [4.69, 9.17) is 0 Å². The molecule has 2 rings (SSSR count). The number of rotatable bonds is 2. The van der Waals surface area contributed by atoms with Crippen LogP contribution in [0.25, 0.3) is 0 Å². The van der Waals surface area contributed by atoms with Gasteiger partial charge in [-0.3, -0.25) is 4.79 Å². The molecule has 1 saturated heterocycles. The van der Waals surface area contributed by atoms with Crippen LogP contribution in [0, 0.1) is 5.92 Å². The van der Waals surface area contributed by atoms with Crippen molar-refractivity contribution < 1.29 is 4.79 Å². The summed E-state index contributed by atoms with van der Waals surface area (Å²) in [5.74, 6) is 0.774. The lowest BCUT2D eigenvalue weighted by Gasteiger charge is -2.28. The van der Waals surface area contributed by atoms with E-state index in [1.165, 1.54) is 18.4 Å². The molecule has 1 aliphatic rings. The van der Waals surface area contributed by atoms with Crippen molar-refractivity contribution in [3.05, 3.63) is 35.4 Å². The molecule has 1 aliphatic heterocycles. The molecule has 0 aromatic heterocycles. The van der Waals surface area contributed by atoms with Gasteiger partial charge in [-0.25, -0.2) is 0 Å². The van der Waals surface area contributed by atoms with E-state index in [-0.39, 0.29) is 0 Å². The SMILES string of the molecule is CC1CCNC(c2cccc(C=O)c2)C1. The molecule has 0 radical (unpaired) electrons. The number of carbonyl (C=O) groups excluding carboxylic acids is 1. The van der Waals surface area contributed by atoms with Gasteiger partial charge in [0, 0.05) is 11.6 Å². The van der Waals surface area contributed by atoms with Gasteiger partial charge >= 0.3 is 0 Å². The lowest BCUT2D eigenvalue weighted by Crippen LogP contribution is -2.30. The highest BCUT2D eigenvalue weighted by Gasteiger charge is 2.19. The Bertz CT molecular complexity index is 348. The van der Waals surface area contributed by atoms with E-state index in [1.807, 2.05) is 18.2 Å².